The second-order valence-electron chi connectivity index (χ2n) is 4.97. The van der Waals surface area contributed by atoms with Crippen molar-refractivity contribution < 1.29 is 4.79 Å². The Morgan fingerprint density at radius 1 is 1.42 bits per heavy atom. The van der Waals surface area contributed by atoms with Crippen molar-refractivity contribution in [1.29, 1.82) is 5.26 Å². The Labute approximate surface area is 117 Å². The van der Waals surface area contributed by atoms with Crippen LogP contribution in [0.3, 0.4) is 0 Å². The van der Waals surface area contributed by atoms with Crippen LogP contribution in [0.25, 0.3) is 0 Å². The van der Waals surface area contributed by atoms with E-state index in [4.69, 9.17) is 16.9 Å². The fourth-order valence-corrected chi connectivity index (χ4v) is 2.75. The highest BCUT2D eigenvalue weighted by molar-refractivity contribution is 6.18. The molecule has 1 N–H and O–H groups in total. The fourth-order valence-electron chi connectivity index (χ4n) is 2.42. The summed E-state index contributed by atoms with van der Waals surface area (Å²) >= 11 is 6.04. The molecule has 0 aliphatic heterocycles. The molecule has 1 aromatic heterocycles. The molecule has 19 heavy (non-hydrogen) atoms. The Kier molecular flexibility index (Phi) is 4.39. The zero-order chi connectivity index (χ0) is 13.7. The largest absolute Gasteiger partial charge is 0.344 e. The predicted molar refractivity (Wildman–Crippen MR) is 73.0 cm³/mol. The highest BCUT2D eigenvalue weighted by atomic mass is 35.5. The van der Waals surface area contributed by atoms with Crippen molar-refractivity contribution in [2.24, 2.45) is 0 Å². The Bertz CT molecular complexity index is 486. The van der Waals surface area contributed by atoms with Gasteiger partial charge in [-0.05, 0) is 25.0 Å². The number of halogens is 1. The summed E-state index contributed by atoms with van der Waals surface area (Å²) < 4.78 is 0. The lowest BCUT2D eigenvalue weighted by atomic mass is 9.83. The van der Waals surface area contributed by atoms with Crippen LogP contribution in [-0.4, -0.2) is 22.3 Å². The number of amides is 1. The molecule has 100 valence electrons. The van der Waals surface area contributed by atoms with Crippen LogP contribution in [0.1, 0.15) is 48.2 Å². The minimum atomic E-state index is -0.299. The second kappa shape index (κ2) is 6.03. The van der Waals surface area contributed by atoms with Gasteiger partial charge in [0, 0.05) is 12.1 Å². The van der Waals surface area contributed by atoms with Crippen molar-refractivity contribution in [2.75, 3.05) is 5.88 Å². The van der Waals surface area contributed by atoms with Crippen LogP contribution in [-0.2, 0) is 0 Å². The molecule has 1 amide bonds. The van der Waals surface area contributed by atoms with Gasteiger partial charge in [-0.1, -0.05) is 19.3 Å². The molecule has 5 heteroatoms. The molecule has 1 saturated carbocycles. The fraction of sp³-hybridized carbons (Fsp3) is 0.500. The smallest absolute Gasteiger partial charge is 0.270 e. The van der Waals surface area contributed by atoms with Gasteiger partial charge in [0.2, 0.25) is 0 Å². The van der Waals surface area contributed by atoms with Gasteiger partial charge < -0.3 is 5.32 Å². The van der Waals surface area contributed by atoms with Crippen LogP contribution in [0, 0.1) is 11.3 Å². The first-order chi connectivity index (χ1) is 9.19. The SMILES string of the molecule is N#Cc1ccc(C(=O)NC2(CCl)CCCCC2)nc1. The highest BCUT2D eigenvalue weighted by Gasteiger charge is 2.33. The number of nitriles is 1. The number of nitrogens with one attached hydrogen (secondary N) is 1. The van der Waals surface area contributed by atoms with Crippen molar-refractivity contribution in [3.05, 3.63) is 29.6 Å². The number of carbonyl (C=O) groups excluding carboxylic acids is 1. The van der Waals surface area contributed by atoms with E-state index in [1.807, 2.05) is 6.07 Å². The van der Waals surface area contributed by atoms with Crippen LogP contribution >= 0.6 is 11.6 Å². The lowest BCUT2D eigenvalue weighted by molar-refractivity contribution is 0.0879. The first-order valence-electron chi connectivity index (χ1n) is 6.44. The minimum absolute atomic E-state index is 0.216. The summed E-state index contributed by atoms with van der Waals surface area (Å²) in [7, 11) is 0. The third kappa shape index (κ3) is 3.24. The van der Waals surface area contributed by atoms with E-state index < -0.39 is 0 Å². The lowest BCUT2D eigenvalue weighted by Gasteiger charge is -2.36. The summed E-state index contributed by atoms with van der Waals surface area (Å²) in [6.07, 6.45) is 6.62. The maximum atomic E-state index is 12.2. The molecule has 2 rings (SSSR count). The molecule has 0 aromatic carbocycles. The molecule has 0 bridgehead atoms. The third-order valence-corrected chi connectivity index (χ3v) is 4.08. The summed E-state index contributed by atoms with van der Waals surface area (Å²) in [5.74, 6) is 0.210. The van der Waals surface area contributed by atoms with Gasteiger partial charge >= 0.3 is 0 Å². The molecular weight excluding hydrogens is 262 g/mol. The number of rotatable bonds is 3. The number of nitrogens with zero attached hydrogens (tertiary/aromatic N) is 2. The van der Waals surface area contributed by atoms with E-state index in [2.05, 4.69) is 10.3 Å². The predicted octanol–water partition coefficient (Wildman–Crippen LogP) is 2.62. The van der Waals surface area contributed by atoms with Crippen LogP contribution in [0.5, 0.6) is 0 Å². The molecule has 0 atom stereocenters. The average molecular weight is 278 g/mol. The second-order valence-corrected chi connectivity index (χ2v) is 5.24. The van der Waals surface area contributed by atoms with E-state index >= 15 is 0 Å². The van der Waals surface area contributed by atoms with Gasteiger partial charge in [0.05, 0.1) is 11.1 Å². The topological polar surface area (TPSA) is 65.8 Å². The number of carbonyl (C=O) groups is 1. The zero-order valence-corrected chi connectivity index (χ0v) is 11.4. The molecule has 4 nitrogen and oxygen atoms in total. The molecular formula is C14H16ClN3O. The van der Waals surface area contributed by atoms with E-state index in [0.29, 0.717) is 17.1 Å². The van der Waals surface area contributed by atoms with Gasteiger partial charge in [0.15, 0.2) is 0 Å². The van der Waals surface area contributed by atoms with Crippen LogP contribution in [0.4, 0.5) is 0 Å². The number of pyridine rings is 1. The van der Waals surface area contributed by atoms with Crippen molar-refractivity contribution >= 4 is 17.5 Å². The van der Waals surface area contributed by atoms with Crippen molar-refractivity contribution in [3.63, 3.8) is 0 Å². The molecule has 1 aliphatic rings. The highest BCUT2D eigenvalue weighted by Crippen LogP contribution is 2.29. The quantitative estimate of drug-likeness (QED) is 0.864. The number of hydrogen-bond donors (Lipinski definition) is 1. The van der Waals surface area contributed by atoms with Gasteiger partial charge in [-0.3, -0.25) is 4.79 Å². The van der Waals surface area contributed by atoms with Crippen molar-refractivity contribution in [1.82, 2.24) is 10.3 Å². The minimum Gasteiger partial charge on any atom is -0.344 e. The number of hydrogen-bond acceptors (Lipinski definition) is 3. The maximum Gasteiger partial charge on any atom is 0.270 e. The summed E-state index contributed by atoms with van der Waals surface area (Å²) in [6, 6.07) is 5.14. The summed E-state index contributed by atoms with van der Waals surface area (Å²) in [6.45, 7) is 0. The Hall–Kier alpha value is -1.60. The standard InChI is InChI=1S/C14H16ClN3O/c15-10-14(6-2-1-3-7-14)18-13(19)12-5-4-11(8-16)9-17-12/h4-5,9H,1-3,6-7,10H2,(H,18,19). The lowest BCUT2D eigenvalue weighted by Crippen LogP contribution is -2.51. The molecule has 1 heterocycles. The first-order valence-corrected chi connectivity index (χ1v) is 6.97. The number of alkyl halides is 1. The summed E-state index contributed by atoms with van der Waals surface area (Å²) in [4.78, 5) is 16.2. The maximum absolute atomic E-state index is 12.2. The Morgan fingerprint density at radius 3 is 2.68 bits per heavy atom. The van der Waals surface area contributed by atoms with Gasteiger partial charge in [-0.15, -0.1) is 11.6 Å². The van der Waals surface area contributed by atoms with Gasteiger partial charge in [0.1, 0.15) is 11.8 Å². The van der Waals surface area contributed by atoms with E-state index in [9.17, 15) is 4.79 Å². The van der Waals surface area contributed by atoms with Gasteiger partial charge in [-0.25, -0.2) is 4.98 Å². The van der Waals surface area contributed by atoms with Crippen LogP contribution in [0.2, 0.25) is 0 Å². The van der Waals surface area contributed by atoms with Crippen LogP contribution in [0.15, 0.2) is 18.3 Å². The molecule has 1 fully saturated rings. The van der Waals surface area contributed by atoms with Gasteiger partial charge in [0.25, 0.3) is 5.91 Å². The summed E-state index contributed by atoms with van der Waals surface area (Å²) in [5.41, 5.74) is 0.474. The molecule has 0 spiro atoms. The molecule has 0 unspecified atom stereocenters. The Balaban J connectivity index is 2.08. The zero-order valence-electron chi connectivity index (χ0n) is 10.7. The first kappa shape index (κ1) is 13.8. The summed E-state index contributed by atoms with van der Waals surface area (Å²) in [5, 5.41) is 11.7. The van der Waals surface area contributed by atoms with E-state index in [-0.39, 0.29) is 11.4 Å². The van der Waals surface area contributed by atoms with E-state index in [1.54, 1.807) is 12.1 Å². The molecule has 1 aromatic rings. The third-order valence-electron chi connectivity index (χ3n) is 3.57. The molecule has 1 aliphatic carbocycles. The normalized spacial score (nSPS) is 17.5. The van der Waals surface area contributed by atoms with E-state index in [1.165, 1.54) is 12.6 Å². The van der Waals surface area contributed by atoms with E-state index in [0.717, 1.165) is 25.7 Å². The van der Waals surface area contributed by atoms with Crippen molar-refractivity contribution in [3.8, 4) is 6.07 Å². The van der Waals surface area contributed by atoms with Crippen molar-refractivity contribution in [2.45, 2.75) is 37.6 Å². The Morgan fingerprint density at radius 2 is 2.16 bits per heavy atom. The monoisotopic (exact) mass is 277 g/mol. The average Bonchev–Trinajstić information content (AvgIpc) is 2.48. The van der Waals surface area contributed by atoms with Gasteiger partial charge in [-0.2, -0.15) is 5.26 Å². The van der Waals surface area contributed by atoms with Crippen LogP contribution < -0.4 is 5.32 Å². The molecule has 0 saturated heterocycles. The number of aromatic nitrogens is 1. The molecule has 0 radical (unpaired) electrons.